The van der Waals surface area contributed by atoms with Crippen LogP contribution in [0.5, 0.6) is 0 Å². The van der Waals surface area contributed by atoms with Crippen LogP contribution in [0, 0.1) is 0 Å². The largest absolute Gasteiger partial charge is 0.368 e. The van der Waals surface area contributed by atoms with Crippen LogP contribution in [0.4, 0.5) is 0 Å². The third-order valence-electron chi connectivity index (χ3n) is 3.86. The van der Waals surface area contributed by atoms with Gasteiger partial charge in [-0.1, -0.05) is 0 Å². The van der Waals surface area contributed by atoms with Gasteiger partial charge in [-0.3, -0.25) is 14.6 Å². The van der Waals surface area contributed by atoms with Crippen molar-refractivity contribution in [3.05, 3.63) is 0 Å². The zero-order chi connectivity index (χ0) is 11.7. The summed E-state index contributed by atoms with van der Waals surface area (Å²) in [4.78, 5) is 15.8. The van der Waals surface area contributed by atoms with Crippen LogP contribution in [-0.4, -0.2) is 60.0 Å². The Balaban J connectivity index is 1.92. The van der Waals surface area contributed by atoms with Gasteiger partial charge in [-0.05, 0) is 26.3 Å². The molecule has 0 saturated carbocycles. The molecule has 2 rings (SSSR count). The second kappa shape index (κ2) is 4.69. The predicted octanol–water partition coefficient (Wildman–Crippen LogP) is -1.03. The van der Waals surface area contributed by atoms with Gasteiger partial charge in [-0.2, -0.15) is 0 Å². The Morgan fingerprint density at radius 1 is 1.50 bits per heavy atom. The van der Waals surface area contributed by atoms with Crippen LogP contribution in [0.25, 0.3) is 0 Å². The lowest BCUT2D eigenvalue weighted by Crippen LogP contribution is -2.58. The van der Waals surface area contributed by atoms with Crippen LogP contribution in [0.2, 0.25) is 0 Å². The van der Waals surface area contributed by atoms with Gasteiger partial charge in [-0.25, -0.2) is 0 Å². The third-order valence-corrected chi connectivity index (χ3v) is 3.86. The van der Waals surface area contributed by atoms with Crippen LogP contribution in [0.3, 0.4) is 0 Å². The molecule has 92 valence electrons. The molecule has 0 bridgehead atoms. The average molecular weight is 226 g/mol. The molecule has 0 spiro atoms. The zero-order valence-electron chi connectivity index (χ0n) is 9.93. The lowest BCUT2D eigenvalue weighted by Gasteiger charge is -2.42. The molecule has 4 N–H and O–H groups in total. The fraction of sp³-hybridized carbons (Fsp3) is 0.909. The summed E-state index contributed by atoms with van der Waals surface area (Å²) in [5.74, 6) is -0.402. The molecule has 3 unspecified atom stereocenters. The van der Waals surface area contributed by atoms with Crippen molar-refractivity contribution in [3.8, 4) is 0 Å². The minimum Gasteiger partial charge on any atom is -0.368 e. The van der Waals surface area contributed by atoms with Gasteiger partial charge >= 0.3 is 0 Å². The van der Waals surface area contributed by atoms with Gasteiger partial charge in [0.25, 0.3) is 0 Å². The number of rotatable bonds is 3. The normalized spacial score (nSPS) is 33.6. The number of fused-ring (bicyclic) bond motifs is 1. The van der Waals surface area contributed by atoms with E-state index in [1.54, 1.807) is 0 Å². The molecule has 3 atom stereocenters. The van der Waals surface area contributed by atoms with Gasteiger partial charge < -0.3 is 11.5 Å². The molecule has 2 heterocycles. The molecule has 0 aromatic carbocycles. The van der Waals surface area contributed by atoms with E-state index in [-0.39, 0.29) is 0 Å². The Kier molecular flexibility index (Phi) is 3.47. The number of amides is 1. The first-order valence-corrected chi connectivity index (χ1v) is 6.11. The van der Waals surface area contributed by atoms with E-state index in [0.717, 1.165) is 13.1 Å². The molecule has 2 aliphatic rings. The summed E-state index contributed by atoms with van der Waals surface area (Å²) in [5, 5.41) is 0. The van der Waals surface area contributed by atoms with E-state index in [4.69, 9.17) is 11.5 Å². The number of hydrogen-bond donors (Lipinski definition) is 2. The summed E-state index contributed by atoms with van der Waals surface area (Å²) in [6, 6.07) is 0.603. The quantitative estimate of drug-likeness (QED) is 0.645. The molecule has 0 aromatic heterocycles. The van der Waals surface area contributed by atoms with Crippen LogP contribution in [0.1, 0.15) is 19.8 Å². The zero-order valence-corrected chi connectivity index (χ0v) is 9.93. The molecule has 2 fully saturated rings. The molecule has 16 heavy (non-hydrogen) atoms. The van der Waals surface area contributed by atoms with Crippen molar-refractivity contribution >= 4 is 5.91 Å². The second-order valence-electron chi connectivity index (χ2n) is 5.10. The number of hydrogen-bond acceptors (Lipinski definition) is 4. The standard InChI is InChI=1S/C11H22N4O/c1-8-5-14-4-2-3-9(14)6-15(8)7-10(12)11(13)16/h8-10H,2-7,12H2,1H3,(H2,13,16). The summed E-state index contributed by atoms with van der Waals surface area (Å²) in [6.45, 7) is 6.14. The SMILES string of the molecule is CC1CN2CCCC2CN1CC(N)C(N)=O. The fourth-order valence-corrected chi connectivity index (χ4v) is 2.84. The van der Waals surface area contributed by atoms with Gasteiger partial charge in [0.2, 0.25) is 5.91 Å². The summed E-state index contributed by atoms with van der Waals surface area (Å²) < 4.78 is 0. The van der Waals surface area contributed by atoms with Crippen LogP contribution < -0.4 is 11.5 Å². The number of piperazine rings is 1. The molecule has 5 heteroatoms. The Labute approximate surface area is 96.7 Å². The second-order valence-corrected chi connectivity index (χ2v) is 5.10. The smallest absolute Gasteiger partial charge is 0.235 e. The maximum absolute atomic E-state index is 11.0. The molecular formula is C11H22N4O. The lowest BCUT2D eigenvalue weighted by molar-refractivity contribution is -0.120. The molecule has 1 amide bonds. The summed E-state index contributed by atoms with van der Waals surface area (Å²) in [5.41, 5.74) is 10.9. The van der Waals surface area contributed by atoms with E-state index in [1.165, 1.54) is 19.4 Å². The van der Waals surface area contributed by atoms with Crippen molar-refractivity contribution in [1.82, 2.24) is 9.80 Å². The minimum absolute atomic E-state index is 0.402. The molecule has 2 aliphatic heterocycles. The Morgan fingerprint density at radius 3 is 2.94 bits per heavy atom. The molecule has 5 nitrogen and oxygen atoms in total. The fourth-order valence-electron chi connectivity index (χ4n) is 2.84. The van der Waals surface area contributed by atoms with Crippen LogP contribution in [0.15, 0.2) is 0 Å². The average Bonchev–Trinajstić information content (AvgIpc) is 2.65. The predicted molar refractivity (Wildman–Crippen MR) is 62.8 cm³/mol. The van der Waals surface area contributed by atoms with E-state index in [1.807, 2.05) is 0 Å². The van der Waals surface area contributed by atoms with Gasteiger partial charge in [-0.15, -0.1) is 0 Å². The van der Waals surface area contributed by atoms with Crippen molar-refractivity contribution in [2.45, 2.75) is 37.9 Å². The minimum atomic E-state index is -0.532. The summed E-state index contributed by atoms with van der Waals surface area (Å²) in [6.07, 6.45) is 2.57. The highest BCUT2D eigenvalue weighted by molar-refractivity contribution is 5.79. The number of nitrogens with zero attached hydrogens (tertiary/aromatic N) is 2. The van der Waals surface area contributed by atoms with Gasteiger partial charge in [0.05, 0.1) is 6.04 Å². The molecule has 0 aliphatic carbocycles. The molecule has 0 radical (unpaired) electrons. The van der Waals surface area contributed by atoms with Gasteiger partial charge in [0.1, 0.15) is 0 Å². The lowest BCUT2D eigenvalue weighted by atomic mass is 10.1. The number of carbonyl (C=O) groups excluding carboxylic acids is 1. The van der Waals surface area contributed by atoms with E-state index in [0.29, 0.717) is 18.6 Å². The molecule has 0 aromatic rings. The first kappa shape index (κ1) is 11.8. The highest BCUT2D eigenvalue weighted by atomic mass is 16.1. The van der Waals surface area contributed by atoms with Crippen LogP contribution in [-0.2, 0) is 4.79 Å². The van der Waals surface area contributed by atoms with E-state index in [9.17, 15) is 4.79 Å². The van der Waals surface area contributed by atoms with Crippen molar-refractivity contribution < 1.29 is 4.79 Å². The third kappa shape index (κ3) is 2.36. The number of carbonyl (C=O) groups is 1. The summed E-state index contributed by atoms with van der Waals surface area (Å²) in [7, 11) is 0. The molecule has 2 saturated heterocycles. The molecular weight excluding hydrogens is 204 g/mol. The topological polar surface area (TPSA) is 75.6 Å². The maximum atomic E-state index is 11.0. The number of nitrogens with two attached hydrogens (primary N) is 2. The Morgan fingerprint density at radius 2 is 2.25 bits per heavy atom. The van der Waals surface area contributed by atoms with Crippen LogP contribution >= 0.6 is 0 Å². The first-order chi connectivity index (χ1) is 7.58. The summed E-state index contributed by atoms with van der Waals surface area (Å²) >= 11 is 0. The first-order valence-electron chi connectivity index (χ1n) is 6.11. The van der Waals surface area contributed by atoms with E-state index < -0.39 is 11.9 Å². The monoisotopic (exact) mass is 226 g/mol. The Bertz CT molecular complexity index is 271. The van der Waals surface area contributed by atoms with E-state index in [2.05, 4.69) is 16.7 Å². The van der Waals surface area contributed by atoms with E-state index >= 15 is 0 Å². The highest BCUT2D eigenvalue weighted by Crippen LogP contribution is 2.24. The number of primary amides is 1. The van der Waals surface area contributed by atoms with Crippen molar-refractivity contribution in [3.63, 3.8) is 0 Å². The van der Waals surface area contributed by atoms with Gasteiger partial charge in [0.15, 0.2) is 0 Å². The van der Waals surface area contributed by atoms with Crippen molar-refractivity contribution in [1.29, 1.82) is 0 Å². The van der Waals surface area contributed by atoms with Crippen molar-refractivity contribution in [2.24, 2.45) is 11.5 Å². The Hall–Kier alpha value is -0.650. The maximum Gasteiger partial charge on any atom is 0.235 e. The highest BCUT2D eigenvalue weighted by Gasteiger charge is 2.35. The van der Waals surface area contributed by atoms with Gasteiger partial charge in [0, 0.05) is 31.7 Å². The van der Waals surface area contributed by atoms with Crippen molar-refractivity contribution in [2.75, 3.05) is 26.2 Å².